The Bertz CT molecular complexity index is 1280. The van der Waals surface area contributed by atoms with E-state index in [-0.39, 0.29) is 29.6 Å². The molecular weight excluding hydrogens is 491 g/mol. The summed E-state index contributed by atoms with van der Waals surface area (Å²) in [5, 5.41) is 3.84. The number of halogens is 3. The smallest absolute Gasteiger partial charge is 0.387 e. The molecule has 1 saturated carbocycles. The Morgan fingerprint density at radius 3 is 2.64 bits per heavy atom. The fourth-order valence-electron chi connectivity index (χ4n) is 5.09. The van der Waals surface area contributed by atoms with Crippen LogP contribution in [-0.4, -0.2) is 44.6 Å². The van der Waals surface area contributed by atoms with Crippen LogP contribution >= 0.6 is 11.9 Å². The number of piperidine rings is 1. The first-order valence-electron chi connectivity index (χ1n) is 12.2. The molecule has 2 unspecified atom stereocenters. The minimum absolute atomic E-state index is 0.118. The molecule has 11 heteroatoms. The van der Waals surface area contributed by atoms with Gasteiger partial charge in [0.1, 0.15) is 11.5 Å². The summed E-state index contributed by atoms with van der Waals surface area (Å²) >= 11 is 1.42. The van der Waals surface area contributed by atoms with E-state index < -0.39 is 12.2 Å². The first-order chi connectivity index (χ1) is 17.4. The Kier molecular flexibility index (Phi) is 7.38. The second kappa shape index (κ2) is 10.7. The minimum Gasteiger partial charge on any atom is -0.429 e. The number of alkyl halides is 2. The van der Waals surface area contributed by atoms with Crippen LogP contribution in [0.1, 0.15) is 45.1 Å². The van der Waals surface area contributed by atoms with Crippen molar-refractivity contribution in [3.63, 3.8) is 0 Å². The third-order valence-electron chi connectivity index (χ3n) is 6.96. The van der Waals surface area contributed by atoms with Crippen LogP contribution in [0, 0.1) is 11.7 Å². The van der Waals surface area contributed by atoms with Gasteiger partial charge >= 0.3 is 6.61 Å². The van der Waals surface area contributed by atoms with Crippen molar-refractivity contribution >= 4 is 28.9 Å². The average Bonchev–Trinajstić information content (AvgIpc) is 3.27. The number of rotatable bonds is 7. The van der Waals surface area contributed by atoms with Gasteiger partial charge in [-0.25, -0.2) is 13.7 Å². The van der Waals surface area contributed by atoms with E-state index in [1.54, 1.807) is 18.3 Å². The largest absolute Gasteiger partial charge is 0.429 e. The quantitative estimate of drug-likeness (QED) is 0.415. The van der Waals surface area contributed by atoms with Gasteiger partial charge in [-0.3, -0.25) is 9.36 Å². The van der Waals surface area contributed by atoms with E-state index in [2.05, 4.69) is 31.3 Å². The number of hydrogen-bond donors (Lipinski definition) is 1. The molecule has 3 heterocycles. The second-order valence-corrected chi connectivity index (χ2v) is 10.5. The molecule has 2 fully saturated rings. The predicted molar refractivity (Wildman–Crippen MR) is 133 cm³/mol. The van der Waals surface area contributed by atoms with E-state index in [9.17, 15) is 18.0 Å². The van der Waals surface area contributed by atoms with Crippen molar-refractivity contribution in [3.05, 3.63) is 52.7 Å². The molecule has 1 aliphatic carbocycles. The standard InChI is InChI=1S/C25H28F3N5O2S/c1-15-5-4-7-19(15)33-22-16(13-20(23(33)34)35-24(27)28)14-29-25(31-22)30-17-9-11-32(12-10-17)36-21-8-3-2-6-18(21)26/h2-3,6,8,13-15,17,19,24H,4-5,7,9-12H2,1H3,(H,29,30,31). The van der Waals surface area contributed by atoms with Crippen LogP contribution in [0.15, 0.2) is 46.2 Å². The van der Waals surface area contributed by atoms with Crippen LogP contribution in [0.25, 0.3) is 11.0 Å². The number of nitrogens with zero attached hydrogens (tertiary/aromatic N) is 4. The molecule has 0 radical (unpaired) electrons. The van der Waals surface area contributed by atoms with Crippen LogP contribution < -0.4 is 15.6 Å². The zero-order valence-electron chi connectivity index (χ0n) is 19.9. The highest BCUT2D eigenvalue weighted by atomic mass is 32.2. The van der Waals surface area contributed by atoms with E-state index in [4.69, 9.17) is 0 Å². The molecule has 2 aliphatic rings. The summed E-state index contributed by atoms with van der Waals surface area (Å²) in [5.41, 5.74) is -0.171. The summed E-state index contributed by atoms with van der Waals surface area (Å²) in [6, 6.07) is 8.01. The summed E-state index contributed by atoms with van der Waals surface area (Å²) in [7, 11) is 0. The van der Waals surface area contributed by atoms with Crippen LogP contribution in [0.5, 0.6) is 5.75 Å². The van der Waals surface area contributed by atoms with Gasteiger partial charge in [0.2, 0.25) is 5.95 Å². The molecular formula is C25H28F3N5O2S. The molecule has 1 N–H and O–H groups in total. The molecule has 3 aromatic rings. The van der Waals surface area contributed by atoms with Crippen molar-refractivity contribution in [1.82, 2.24) is 18.8 Å². The molecule has 1 saturated heterocycles. The van der Waals surface area contributed by atoms with Crippen LogP contribution in [0.3, 0.4) is 0 Å². The Balaban J connectivity index is 1.35. The van der Waals surface area contributed by atoms with Crippen molar-refractivity contribution in [2.45, 2.75) is 62.6 Å². The third kappa shape index (κ3) is 5.31. The van der Waals surface area contributed by atoms with Crippen LogP contribution in [-0.2, 0) is 0 Å². The van der Waals surface area contributed by atoms with Crippen molar-refractivity contribution < 1.29 is 17.9 Å². The van der Waals surface area contributed by atoms with E-state index in [0.717, 1.165) is 45.2 Å². The first-order valence-corrected chi connectivity index (χ1v) is 13.0. The van der Waals surface area contributed by atoms with Crippen molar-refractivity contribution in [3.8, 4) is 5.75 Å². The molecule has 7 nitrogen and oxygen atoms in total. The molecule has 2 aromatic heterocycles. The zero-order chi connectivity index (χ0) is 25.2. The number of nitrogens with one attached hydrogen (secondary N) is 1. The number of hydrogen-bond acceptors (Lipinski definition) is 7. The van der Waals surface area contributed by atoms with E-state index in [1.807, 2.05) is 6.07 Å². The molecule has 192 valence electrons. The fraction of sp³-hybridized carbons (Fsp3) is 0.480. The van der Waals surface area contributed by atoms with Gasteiger partial charge in [0.05, 0.1) is 4.90 Å². The van der Waals surface area contributed by atoms with Crippen LogP contribution in [0.2, 0.25) is 0 Å². The fourth-order valence-corrected chi connectivity index (χ4v) is 6.06. The number of aromatic nitrogens is 3. The monoisotopic (exact) mass is 519 g/mol. The molecule has 1 aliphatic heterocycles. The molecule has 36 heavy (non-hydrogen) atoms. The lowest BCUT2D eigenvalue weighted by Gasteiger charge is -2.31. The number of ether oxygens (including phenoxy) is 1. The summed E-state index contributed by atoms with van der Waals surface area (Å²) < 4.78 is 48.1. The van der Waals surface area contributed by atoms with E-state index >= 15 is 0 Å². The maximum atomic E-state index is 14.0. The third-order valence-corrected chi connectivity index (χ3v) is 8.11. The van der Waals surface area contributed by atoms with E-state index in [0.29, 0.717) is 21.9 Å². The maximum absolute atomic E-state index is 14.0. The van der Waals surface area contributed by atoms with Gasteiger partial charge in [-0.2, -0.15) is 13.8 Å². The van der Waals surface area contributed by atoms with Crippen molar-refractivity contribution in [1.29, 1.82) is 0 Å². The van der Waals surface area contributed by atoms with Gasteiger partial charge in [-0.15, -0.1) is 0 Å². The first kappa shape index (κ1) is 24.9. The average molecular weight is 520 g/mol. The summed E-state index contributed by atoms with van der Waals surface area (Å²) in [5.74, 6) is -0.00271. The van der Waals surface area contributed by atoms with Crippen molar-refractivity contribution in [2.75, 3.05) is 18.4 Å². The molecule has 1 aromatic carbocycles. The molecule has 5 rings (SSSR count). The zero-order valence-corrected chi connectivity index (χ0v) is 20.7. The molecule has 0 bridgehead atoms. The van der Waals surface area contributed by atoms with Crippen molar-refractivity contribution in [2.24, 2.45) is 5.92 Å². The normalized spacial score (nSPS) is 21.4. The highest BCUT2D eigenvalue weighted by Crippen LogP contribution is 2.36. The Labute approximate surface area is 211 Å². The lowest BCUT2D eigenvalue weighted by Crippen LogP contribution is -2.36. The van der Waals surface area contributed by atoms with Gasteiger partial charge in [0.25, 0.3) is 5.56 Å². The van der Waals surface area contributed by atoms with Gasteiger partial charge in [0.15, 0.2) is 5.75 Å². The van der Waals surface area contributed by atoms with E-state index in [1.165, 1.54) is 28.6 Å². The highest BCUT2D eigenvalue weighted by Gasteiger charge is 2.30. The molecule has 0 spiro atoms. The second-order valence-electron chi connectivity index (χ2n) is 9.38. The lowest BCUT2D eigenvalue weighted by molar-refractivity contribution is -0.0510. The highest BCUT2D eigenvalue weighted by molar-refractivity contribution is 7.97. The number of anilines is 1. The topological polar surface area (TPSA) is 72.3 Å². The summed E-state index contributed by atoms with van der Waals surface area (Å²) in [4.78, 5) is 22.8. The Morgan fingerprint density at radius 1 is 1.17 bits per heavy atom. The van der Waals surface area contributed by atoms with Crippen LogP contribution in [0.4, 0.5) is 19.1 Å². The van der Waals surface area contributed by atoms with Gasteiger partial charge in [-0.1, -0.05) is 25.5 Å². The summed E-state index contributed by atoms with van der Waals surface area (Å²) in [6.45, 7) is 0.504. The van der Waals surface area contributed by atoms with Gasteiger partial charge in [-0.05, 0) is 61.7 Å². The Morgan fingerprint density at radius 2 is 1.94 bits per heavy atom. The lowest BCUT2D eigenvalue weighted by atomic mass is 10.1. The molecule has 0 amide bonds. The number of benzene rings is 1. The van der Waals surface area contributed by atoms with Gasteiger partial charge < -0.3 is 10.1 Å². The molecule has 2 atom stereocenters. The maximum Gasteiger partial charge on any atom is 0.387 e. The number of fused-ring (bicyclic) bond motifs is 1. The van der Waals surface area contributed by atoms with Gasteiger partial charge in [0, 0.05) is 36.8 Å². The minimum atomic E-state index is -3.09. The SMILES string of the molecule is CC1CCCC1n1c(=O)c(OC(F)F)cc2cnc(NC3CCN(Sc4ccccc4F)CC3)nc21. The summed E-state index contributed by atoms with van der Waals surface area (Å²) in [6.07, 6.45) is 5.87. The number of pyridine rings is 1. The Hall–Kier alpha value is -2.79. The predicted octanol–water partition coefficient (Wildman–Crippen LogP) is 5.48.